The maximum Gasteiger partial charge on any atom is 0.508 e. The monoisotopic (exact) mass is 264 g/mol. The van der Waals surface area contributed by atoms with E-state index in [2.05, 4.69) is 9.47 Å². The summed E-state index contributed by atoms with van der Waals surface area (Å²) in [5.74, 6) is 0.182. The van der Waals surface area contributed by atoms with Gasteiger partial charge in [-0.3, -0.25) is 4.79 Å². The van der Waals surface area contributed by atoms with Gasteiger partial charge >= 0.3 is 6.16 Å². The summed E-state index contributed by atoms with van der Waals surface area (Å²) in [4.78, 5) is 22.1. The molecule has 1 heterocycles. The zero-order valence-corrected chi connectivity index (χ0v) is 10.7. The van der Waals surface area contributed by atoms with Gasteiger partial charge in [0.1, 0.15) is 6.61 Å². The summed E-state index contributed by atoms with van der Waals surface area (Å²) in [5.41, 5.74) is 0. The van der Waals surface area contributed by atoms with Crippen molar-refractivity contribution >= 4 is 11.9 Å². The summed E-state index contributed by atoms with van der Waals surface area (Å²) in [7, 11) is 1.26. The molecule has 0 aromatic carbocycles. The molecule has 5 heteroatoms. The molecule has 0 fully saturated rings. The van der Waals surface area contributed by atoms with Crippen molar-refractivity contribution < 1.29 is 23.5 Å². The molecule has 5 nitrogen and oxygen atoms in total. The highest BCUT2D eigenvalue weighted by molar-refractivity contribution is 6.02. The van der Waals surface area contributed by atoms with E-state index in [1.54, 1.807) is 24.3 Å². The predicted molar refractivity (Wildman–Crippen MR) is 68.9 cm³/mol. The molecule has 0 radical (unpaired) electrons. The van der Waals surface area contributed by atoms with E-state index in [0.29, 0.717) is 5.76 Å². The largest absolute Gasteiger partial charge is 0.508 e. The fraction of sp³-hybridized carbons (Fsp3) is 0.286. The molecule has 0 spiro atoms. The first-order chi connectivity index (χ1) is 9.24. The molecule has 0 aliphatic carbocycles. The first-order valence-electron chi connectivity index (χ1n) is 5.84. The van der Waals surface area contributed by atoms with E-state index < -0.39 is 6.16 Å². The summed E-state index contributed by atoms with van der Waals surface area (Å²) in [6.07, 6.45) is 9.09. The molecule has 1 aromatic heterocycles. The molecule has 0 aliphatic rings. The molecule has 1 aromatic rings. The van der Waals surface area contributed by atoms with Crippen molar-refractivity contribution in [1.82, 2.24) is 0 Å². The normalized spacial score (nSPS) is 11.0. The van der Waals surface area contributed by atoms with Crippen LogP contribution in [0.15, 0.2) is 47.1 Å². The first-order valence-corrected chi connectivity index (χ1v) is 5.84. The number of carbonyl (C=O) groups excluding carboxylic acids is 2. The molecule has 0 amide bonds. The van der Waals surface area contributed by atoms with Gasteiger partial charge in [-0.25, -0.2) is 4.79 Å². The second-order valence-corrected chi connectivity index (χ2v) is 3.56. The van der Waals surface area contributed by atoms with E-state index >= 15 is 0 Å². The average molecular weight is 264 g/mol. The van der Waals surface area contributed by atoms with E-state index in [-0.39, 0.29) is 12.4 Å². The van der Waals surface area contributed by atoms with Crippen molar-refractivity contribution in [2.24, 2.45) is 0 Å². The molecule has 0 bridgehead atoms. The van der Waals surface area contributed by atoms with Gasteiger partial charge in [0.2, 0.25) is 5.78 Å². The van der Waals surface area contributed by atoms with Gasteiger partial charge in [0.15, 0.2) is 5.76 Å². The van der Waals surface area contributed by atoms with Crippen LogP contribution in [0.1, 0.15) is 23.4 Å². The van der Waals surface area contributed by atoms with E-state index in [9.17, 15) is 9.59 Å². The lowest BCUT2D eigenvalue weighted by Crippen LogP contribution is -2.03. The Bertz CT molecular complexity index is 442. The lowest BCUT2D eigenvalue weighted by molar-refractivity contribution is 0.0817. The van der Waals surface area contributed by atoms with Gasteiger partial charge in [-0.2, -0.15) is 0 Å². The lowest BCUT2D eigenvalue weighted by Gasteiger charge is -1.97. The molecular weight excluding hydrogens is 248 g/mol. The lowest BCUT2D eigenvalue weighted by atomic mass is 10.2. The van der Waals surface area contributed by atoms with Crippen LogP contribution in [0.5, 0.6) is 0 Å². The molecule has 0 saturated heterocycles. The molecule has 0 aliphatic heterocycles. The van der Waals surface area contributed by atoms with Crippen molar-refractivity contribution in [2.75, 3.05) is 13.7 Å². The van der Waals surface area contributed by atoms with Crippen LogP contribution in [-0.2, 0) is 9.47 Å². The summed E-state index contributed by atoms with van der Waals surface area (Å²) >= 11 is 0. The second kappa shape index (κ2) is 8.74. The number of carbonyl (C=O) groups is 2. The van der Waals surface area contributed by atoms with Crippen molar-refractivity contribution in [3.63, 3.8) is 0 Å². The third kappa shape index (κ3) is 6.26. The SMILES string of the molecule is COC(=O)OC/C=C/CC/C=C/C(=O)c1ccco1. The van der Waals surface area contributed by atoms with Crippen molar-refractivity contribution in [1.29, 1.82) is 0 Å². The fourth-order valence-corrected chi connectivity index (χ4v) is 1.24. The predicted octanol–water partition coefficient (Wildman–Crippen LogP) is 3.14. The number of unbranched alkanes of at least 4 members (excludes halogenated alkanes) is 1. The van der Waals surface area contributed by atoms with Crippen LogP contribution in [0, 0.1) is 0 Å². The molecule has 0 atom stereocenters. The standard InChI is InChI=1S/C14H16O5/c1-17-14(16)19-10-6-4-2-3-5-8-12(15)13-9-7-11-18-13/h4-9,11H,2-3,10H2,1H3/b6-4+,8-5+. The number of ketones is 1. The highest BCUT2D eigenvalue weighted by Crippen LogP contribution is 2.03. The smallest absolute Gasteiger partial charge is 0.461 e. The Hall–Kier alpha value is -2.30. The van der Waals surface area contributed by atoms with Crippen molar-refractivity contribution in [3.05, 3.63) is 48.5 Å². The number of hydrogen-bond acceptors (Lipinski definition) is 5. The van der Waals surface area contributed by atoms with E-state index in [1.165, 1.54) is 19.4 Å². The van der Waals surface area contributed by atoms with Crippen LogP contribution in [-0.4, -0.2) is 25.7 Å². The Kier molecular flexibility index (Phi) is 6.79. The minimum Gasteiger partial charge on any atom is -0.461 e. The Morgan fingerprint density at radius 2 is 2.05 bits per heavy atom. The van der Waals surface area contributed by atoms with Crippen LogP contribution in [0.3, 0.4) is 0 Å². The minimum absolute atomic E-state index is 0.150. The number of rotatable bonds is 7. The summed E-state index contributed by atoms with van der Waals surface area (Å²) in [5, 5.41) is 0. The van der Waals surface area contributed by atoms with E-state index in [0.717, 1.165) is 12.8 Å². The zero-order valence-electron chi connectivity index (χ0n) is 10.7. The fourth-order valence-electron chi connectivity index (χ4n) is 1.24. The molecular formula is C14H16O5. The van der Waals surface area contributed by atoms with Crippen molar-refractivity contribution in [2.45, 2.75) is 12.8 Å². The highest BCUT2D eigenvalue weighted by atomic mass is 16.7. The highest BCUT2D eigenvalue weighted by Gasteiger charge is 2.02. The van der Waals surface area contributed by atoms with Crippen molar-refractivity contribution in [3.8, 4) is 0 Å². The molecule has 0 N–H and O–H groups in total. The van der Waals surface area contributed by atoms with Gasteiger partial charge < -0.3 is 13.9 Å². The Morgan fingerprint density at radius 3 is 2.74 bits per heavy atom. The van der Waals surface area contributed by atoms with Crippen LogP contribution >= 0.6 is 0 Å². The quantitative estimate of drug-likeness (QED) is 0.249. The maximum absolute atomic E-state index is 11.5. The van der Waals surface area contributed by atoms with Crippen LogP contribution in [0.4, 0.5) is 4.79 Å². The van der Waals surface area contributed by atoms with Gasteiger partial charge in [0, 0.05) is 0 Å². The Morgan fingerprint density at radius 1 is 1.26 bits per heavy atom. The summed E-state index contributed by atoms with van der Waals surface area (Å²) in [6, 6.07) is 3.29. The van der Waals surface area contributed by atoms with Gasteiger partial charge in [0.25, 0.3) is 0 Å². The van der Waals surface area contributed by atoms with E-state index in [4.69, 9.17) is 4.42 Å². The maximum atomic E-state index is 11.5. The van der Waals surface area contributed by atoms with E-state index in [1.807, 2.05) is 6.08 Å². The summed E-state index contributed by atoms with van der Waals surface area (Å²) < 4.78 is 13.9. The van der Waals surface area contributed by atoms with Gasteiger partial charge in [0.05, 0.1) is 13.4 Å². The first kappa shape index (κ1) is 14.8. The molecule has 1 rings (SSSR count). The molecule has 0 saturated carbocycles. The third-order valence-corrected chi connectivity index (χ3v) is 2.16. The summed E-state index contributed by atoms with van der Waals surface area (Å²) in [6.45, 7) is 0.182. The zero-order chi connectivity index (χ0) is 13.9. The second-order valence-electron chi connectivity index (χ2n) is 3.56. The number of furan rings is 1. The number of hydrogen-bond donors (Lipinski definition) is 0. The topological polar surface area (TPSA) is 65.7 Å². The van der Waals surface area contributed by atoms with Gasteiger partial charge in [-0.1, -0.05) is 18.2 Å². The number of allylic oxidation sites excluding steroid dienone is 3. The van der Waals surface area contributed by atoms with Crippen LogP contribution < -0.4 is 0 Å². The molecule has 19 heavy (non-hydrogen) atoms. The third-order valence-electron chi connectivity index (χ3n) is 2.16. The minimum atomic E-state index is -0.700. The average Bonchev–Trinajstić information content (AvgIpc) is 2.95. The van der Waals surface area contributed by atoms with Gasteiger partial charge in [-0.15, -0.1) is 0 Å². The number of methoxy groups -OCH3 is 1. The van der Waals surface area contributed by atoms with Crippen LogP contribution in [0.25, 0.3) is 0 Å². The Labute approximate surface area is 111 Å². The molecule has 102 valence electrons. The van der Waals surface area contributed by atoms with Gasteiger partial charge in [-0.05, 0) is 31.1 Å². The molecule has 0 unspecified atom stereocenters. The van der Waals surface area contributed by atoms with Crippen LogP contribution in [0.2, 0.25) is 0 Å². The Balaban J connectivity index is 2.12. The number of ether oxygens (including phenoxy) is 2.